The molecule has 0 fully saturated rings. The molecule has 0 aliphatic rings. The monoisotopic (exact) mass is 616 g/mol. The summed E-state index contributed by atoms with van der Waals surface area (Å²) in [7, 11) is 0. The molecule has 0 amide bonds. The molecule has 0 nitrogen and oxygen atoms in total. The van der Waals surface area contributed by atoms with E-state index in [1.165, 1.54) is 48.3 Å². The molecule has 0 saturated heterocycles. The van der Waals surface area contributed by atoms with Crippen molar-refractivity contribution < 1.29 is 0 Å². The van der Waals surface area contributed by atoms with E-state index in [4.69, 9.17) is 0 Å². The molecular weight excluding hydrogens is 553 g/mol. The van der Waals surface area contributed by atoms with Crippen molar-refractivity contribution in [3.8, 4) is 0 Å². The quantitative estimate of drug-likeness (QED) is 0.141. The molecule has 0 aliphatic heterocycles. The van der Waals surface area contributed by atoms with Gasteiger partial charge in [0.2, 0.25) is 0 Å². The van der Waals surface area contributed by atoms with Crippen molar-refractivity contribution in [3.63, 3.8) is 0 Å². The lowest BCUT2D eigenvalue weighted by Gasteiger charge is -2.20. The van der Waals surface area contributed by atoms with Crippen LogP contribution in [0.2, 0.25) is 0 Å². The fourth-order valence-corrected chi connectivity index (χ4v) is 7.36. The molecule has 1 aromatic rings. The Labute approximate surface area is 256 Å². The SMILES string of the molecule is C.C.C.CCC(SC)C(CC)SC.CCCSCc1ccc(CSCCC)cc1.CSC(C)(C)SC. The summed E-state index contributed by atoms with van der Waals surface area (Å²) in [5.74, 6) is 4.87. The van der Waals surface area contributed by atoms with E-state index < -0.39 is 0 Å². The third-order valence-electron chi connectivity index (χ3n) is 5.07. The van der Waals surface area contributed by atoms with Crippen LogP contribution < -0.4 is 0 Å². The van der Waals surface area contributed by atoms with Crippen LogP contribution in [0.4, 0.5) is 0 Å². The van der Waals surface area contributed by atoms with Crippen molar-refractivity contribution in [2.24, 2.45) is 0 Å². The second-order valence-electron chi connectivity index (χ2n) is 8.09. The van der Waals surface area contributed by atoms with Gasteiger partial charge in [-0.3, -0.25) is 0 Å². The molecule has 2 atom stereocenters. The van der Waals surface area contributed by atoms with Gasteiger partial charge in [-0.15, -0.1) is 23.5 Å². The molecule has 1 rings (SSSR count). The van der Waals surface area contributed by atoms with E-state index in [0.29, 0.717) is 4.08 Å². The van der Waals surface area contributed by atoms with Gasteiger partial charge in [0, 0.05) is 22.0 Å². The summed E-state index contributed by atoms with van der Waals surface area (Å²) in [4.78, 5) is 0. The Bertz CT molecular complexity index is 466. The van der Waals surface area contributed by atoms with Crippen LogP contribution in [0.3, 0.4) is 0 Å². The molecule has 0 aromatic heterocycles. The maximum atomic E-state index is 2.28. The Kier molecular flexibility index (Phi) is 42.6. The number of thioether (sulfide) groups is 6. The van der Waals surface area contributed by atoms with Crippen LogP contribution in [0.15, 0.2) is 24.3 Å². The lowest BCUT2D eigenvalue weighted by atomic mass is 10.2. The molecular formula is C30H64S6. The first-order chi connectivity index (χ1) is 15.8. The highest BCUT2D eigenvalue weighted by molar-refractivity contribution is 8.17. The average molecular weight is 617 g/mol. The van der Waals surface area contributed by atoms with Crippen LogP contribution in [0.5, 0.6) is 0 Å². The molecule has 0 saturated carbocycles. The van der Waals surface area contributed by atoms with Crippen LogP contribution in [0.1, 0.15) is 101 Å². The third-order valence-corrected chi connectivity index (χ3v) is 13.2. The highest BCUT2D eigenvalue weighted by atomic mass is 32.2. The highest BCUT2D eigenvalue weighted by Gasteiger charge is 2.15. The van der Waals surface area contributed by atoms with Gasteiger partial charge in [0.15, 0.2) is 0 Å². The van der Waals surface area contributed by atoms with Gasteiger partial charge >= 0.3 is 0 Å². The number of benzene rings is 1. The maximum Gasteiger partial charge on any atom is 0.0549 e. The van der Waals surface area contributed by atoms with Crippen molar-refractivity contribution in [1.29, 1.82) is 0 Å². The molecule has 0 spiro atoms. The van der Waals surface area contributed by atoms with Crippen molar-refractivity contribution in [1.82, 2.24) is 0 Å². The predicted molar refractivity (Wildman–Crippen MR) is 196 cm³/mol. The minimum atomic E-state index is 0. The van der Waals surface area contributed by atoms with E-state index in [9.17, 15) is 0 Å². The lowest BCUT2D eigenvalue weighted by molar-refractivity contribution is 0.740. The molecule has 220 valence electrons. The maximum absolute atomic E-state index is 2.28. The summed E-state index contributed by atoms with van der Waals surface area (Å²) in [5.41, 5.74) is 2.92. The van der Waals surface area contributed by atoms with Crippen molar-refractivity contribution >= 4 is 70.6 Å². The molecule has 36 heavy (non-hydrogen) atoms. The van der Waals surface area contributed by atoms with E-state index >= 15 is 0 Å². The van der Waals surface area contributed by atoms with E-state index in [1.807, 2.05) is 70.6 Å². The largest absolute Gasteiger partial charge is 0.161 e. The number of hydrogen-bond acceptors (Lipinski definition) is 6. The van der Waals surface area contributed by atoms with E-state index in [0.717, 1.165) is 22.0 Å². The standard InChI is InChI=1S/C14H22S2.C8H18S2.C5H12S2.3CH4/c1-3-9-15-11-13-5-7-14(8-6-13)12-16-10-4-2;1-5-7(9-3)8(6-2)10-4;1-5(2,6-3)7-4;;;/h5-8H,3-4,9-12H2,1-2H3;7-8H,5-6H2,1-4H3;1-4H3;3*1H4. The topological polar surface area (TPSA) is 0 Å². The fraction of sp³-hybridized carbons (Fsp3) is 0.800. The number of hydrogen-bond donors (Lipinski definition) is 0. The zero-order valence-corrected chi connectivity index (χ0v) is 28.0. The van der Waals surface area contributed by atoms with E-state index in [1.54, 1.807) is 0 Å². The van der Waals surface area contributed by atoms with Crippen LogP contribution in [0, 0.1) is 0 Å². The molecule has 0 radical (unpaired) electrons. The average Bonchev–Trinajstić information content (AvgIpc) is 2.84. The summed E-state index contributed by atoms with van der Waals surface area (Å²) < 4.78 is 0.417. The Morgan fingerprint density at radius 1 is 0.611 bits per heavy atom. The summed E-state index contributed by atoms with van der Waals surface area (Å²) in [6.45, 7) is 13.5. The van der Waals surface area contributed by atoms with Crippen LogP contribution in [0.25, 0.3) is 0 Å². The van der Waals surface area contributed by atoms with Gasteiger partial charge in [0.05, 0.1) is 4.08 Å². The first-order valence-corrected chi connectivity index (χ1v) is 19.5. The molecule has 0 aliphatic carbocycles. The highest BCUT2D eigenvalue weighted by Crippen LogP contribution is 2.31. The Balaban J connectivity index is -0.000000140. The van der Waals surface area contributed by atoms with Crippen LogP contribution >= 0.6 is 70.6 Å². The van der Waals surface area contributed by atoms with Crippen LogP contribution in [-0.4, -0.2) is 51.1 Å². The molecule has 2 unspecified atom stereocenters. The molecule has 0 heterocycles. The molecule has 6 heteroatoms. The minimum Gasteiger partial charge on any atom is -0.161 e. The first-order valence-electron chi connectivity index (χ1n) is 12.2. The summed E-state index contributed by atoms with van der Waals surface area (Å²) in [6, 6.07) is 9.13. The summed E-state index contributed by atoms with van der Waals surface area (Å²) >= 11 is 11.8. The lowest BCUT2D eigenvalue weighted by Crippen LogP contribution is -2.17. The number of rotatable bonds is 15. The van der Waals surface area contributed by atoms with Gasteiger partial charge in [-0.1, -0.05) is 74.2 Å². The van der Waals surface area contributed by atoms with Gasteiger partial charge in [0.25, 0.3) is 0 Å². The second kappa shape index (κ2) is 32.5. The van der Waals surface area contributed by atoms with Gasteiger partial charge in [0.1, 0.15) is 0 Å². The summed E-state index contributed by atoms with van der Waals surface area (Å²) in [5, 5.41) is 1.72. The molecule has 0 N–H and O–H groups in total. The first kappa shape index (κ1) is 47.1. The smallest absolute Gasteiger partial charge is 0.0549 e. The Morgan fingerprint density at radius 2 is 0.917 bits per heavy atom. The van der Waals surface area contributed by atoms with E-state index in [-0.39, 0.29) is 22.3 Å². The minimum absolute atomic E-state index is 0. The zero-order valence-electron chi connectivity index (χ0n) is 23.1. The summed E-state index contributed by atoms with van der Waals surface area (Å²) in [6.07, 6.45) is 13.9. The Morgan fingerprint density at radius 3 is 1.08 bits per heavy atom. The predicted octanol–water partition coefficient (Wildman–Crippen LogP) is 12.6. The zero-order chi connectivity index (χ0) is 25.5. The van der Waals surface area contributed by atoms with E-state index in [2.05, 4.69) is 90.8 Å². The molecule has 0 bridgehead atoms. The third kappa shape index (κ3) is 26.9. The van der Waals surface area contributed by atoms with Gasteiger partial charge in [-0.2, -0.15) is 47.0 Å². The normalized spacial score (nSPS) is 11.7. The van der Waals surface area contributed by atoms with Crippen molar-refractivity contribution in [2.45, 2.75) is 116 Å². The Hall–Kier alpha value is 1.32. The van der Waals surface area contributed by atoms with Crippen molar-refractivity contribution in [2.75, 3.05) is 36.5 Å². The second-order valence-corrected chi connectivity index (χ2v) is 15.6. The van der Waals surface area contributed by atoms with Gasteiger partial charge in [-0.05, 0) is 87.2 Å². The fourth-order valence-electron chi connectivity index (χ4n) is 2.65. The van der Waals surface area contributed by atoms with Gasteiger partial charge in [-0.25, -0.2) is 0 Å². The van der Waals surface area contributed by atoms with Gasteiger partial charge < -0.3 is 0 Å². The van der Waals surface area contributed by atoms with Crippen molar-refractivity contribution in [3.05, 3.63) is 35.4 Å². The molecule has 1 aromatic carbocycles. The van der Waals surface area contributed by atoms with Crippen LogP contribution in [-0.2, 0) is 11.5 Å².